The number of hydrogen-bond acceptors (Lipinski definition) is 2. The summed E-state index contributed by atoms with van der Waals surface area (Å²) in [4.78, 5) is 0. The molecule has 4 nitrogen and oxygen atoms in total. The summed E-state index contributed by atoms with van der Waals surface area (Å²) >= 11 is 11.3. The van der Waals surface area contributed by atoms with Crippen LogP contribution >= 0.6 is 23.8 Å². The van der Waals surface area contributed by atoms with Gasteiger partial charge in [-0.05, 0) is 37.7 Å². The fourth-order valence-electron chi connectivity index (χ4n) is 1.73. The summed E-state index contributed by atoms with van der Waals surface area (Å²) in [6.45, 7) is 4.69. The van der Waals surface area contributed by atoms with Crippen LogP contribution in [-0.4, -0.2) is 20.9 Å². The van der Waals surface area contributed by atoms with Gasteiger partial charge in [-0.1, -0.05) is 29.8 Å². The van der Waals surface area contributed by atoms with Gasteiger partial charge >= 0.3 is 0 Å². The Balaban J connectivity index is 1.99. The van der Waals surface area contributed by atoms with Crippen LogP contribution in [0.1, 0.15) is 19.4 Å². The summed E-state index contributed by atoms with van der Waals surface area (Å²) in [6.07, 6.45) is 1.89. The number of nitrogens with zero attached hydrogens (tertiary/aromatic N) is 2. The summed E-state index contributed by atoms with van der Waals surface area (Å²) in [5.74, 6) is 0.718. The molecule has 0 amide bonds. The van der Waals surface area contributed by atoms with Crippen molar-refractivity contribution in [3.05, 3.63) is 47.1 Å². The molecular weight excluding hydrogens is 292 g/mol. The van der Waals surface area contributed by atoms with E-state index < -0.39 is 0 Å². The predicted molar refractivity (Wildman–Crippen MR) is 87.3 cm³/mol. The average molecular weight is 309 g/mol. The quantitative estimate of drug-likeness (QED) is 0.851. The van der Waals surface area contributed by atoms with E-state index in [1.807, 2.05) is 55.1 Å². The topological polar surface area (TPSA) is 41.9 Å². The second kappa shape index (κ2) is 6.72. The van der Waals surface area contributed by atoms with E-state index >= 15 is 0 Å². The van der Waals surface area contributed by atoms with Crippen LogP contribution in [0.4, 0.5) is 5.82 Å². The average Bonchev–Trinajstić information content (AvgIpc) is 2.78. The van der Waals surface area contributed by atoms with Crippen LogP contribution in [0.5, 0.6) is 0 Å². The lowest BCUT2D eigenvalue weighted by atomic mass is 10.2. The van der Waals surface area contributed by atoms with Crippen molar-refractivity contribution in [3.63, 3.8) is 0 Å². The third-order valence-electron chi connectivity index (χ3n) is 2.59. The summed E-state index contributed by atoms with van der Waals surface area (Å²) < 4.78 is 1.82. The van der Waals surface area contributed by atoms with Crippen molar-refractivity contribution in [2.24, 2.45) is 0 Å². The third kappa shape index (κ3) is 4.21. The molecule has 0 aliphatic rings. The standard InChI is InChI=1S/C14H17ClN4S/c1-10(2)16-14(20)17-13-7-8-19(18-13)9-11-5-3-4-6-12(11)15/h3-8,10H,9H2,1-2H3,(H2,16,17,18,20). The Kier molecular flexibility index (Phi) is 4.98. The number of anilines is 1. The molecule has 20 heavy (non-hydrogen) atoms. The number of thiocarbonyl (C=S) groups is 1. The van der Waals surface area contributed by atoms with E-state index in [1.165, 1.54) is 0 Å². The van der Waals surface area contributed by atoms with Gasteiger partial charge in [-0.3, -0.25) is 4.68 Å². The first-order valence-corrected chi connectivity index (χ1v) is 7.17. The van der Waals surface area contributed by atoms with Crippen molar-refractivity contribution in [3.8, 4) is 0 Å². The minimum absolute atomic E-state index is 0.292. The molecule has 0 spiro atoms. The van der Waals surface area contributed by atoms with Crippen molar-refractivity contribution >= 4 is 34.7 Å². The van der Waals surface area contributed by atoms with Gasteiger partial charge in [-0.2, -0.15) is 5.10 Å². The highest BCUT2D eigenvalue weighted by molar-refractivity contribution is 7.80. The van der Waals surface area contributed by atoms with Gasteiger partial charge in [0.2, 0.25) is 0 Å². The Bertz CT molecular complexity index is 594. The minimum atomic E-state index is 0.292. The van der Waals surface area contributed by atoms with E-state index in [2.05, 4.69) is 15.7 Å². The first-order valence-electron chi connectivity index (χ1n) is 6.39. The molecule has 0 radical (unpaired) electrons. The molecule has 1 aromatic heterocycles. The van der Waals surface area contributed by atoms with Crippen LogP contribution < -0.4 is 10.6 Å². The Morgan fingerprint density at radius 1 is 1.35 bits per heavy atom. The van der Waals surface area contributed by atoms with Crippen LogP contribution in [-0.2, 0) is 6.54 Å². The second-order valence-electron chi connectivity index (χ2n) is 4.74. The fraction of sp³-hybridized carbons (Fsp3) is 0.286. The van der Waals surface area contributed by atoms with Crippen molar-refractivity contribution in [1.82, 2.24) is 15.1 Å². The van der Waals surface area contributed by atoms with Crippen molar-refractivity contribution < 1.29 is 0 Å². The molecule has 2 aromatic rings. The zero-order valence-electron chi connectivity index (χ0n) is 11.4. The molecule has 0 atom stereocenters. The van der Waals surface area contributed by atoms with Crippen molar-refractivity contribution in [2.75, 3.05) is 5.32 Å². The summed E-state index contributed by atoms with van der Waals surface area (Å²) in [5.41, 5.74) is 1.03. The van der Waals surface area contributed by atoms with Crippen LogP contribution in [0.3, 0.4) is 0 Å². The predicted octanol–water partition coefficient (Wildman–Crippen LogP) is 3.28. The highest BCUT2D eigenvalue weighted by atomic mass is 35.5. The van der Waals surface area contributed by atoms with E-state index in [-0.39, 0.29) is 0 Å². The summed E-state index contributed by atoms with van der Waals surface area (Å²) in [5, 5.41) is 11.9. The number of benzene rings is 1. The Hall–Kier alpha value is -1.59. The first kappa shape index (κ1) is 14.8. The van der Waals surface area contributed by atoms with Gasteiger partial charge in [0.25, 0.3) is 0 Å². The lowest BCUT2D eigenvalue weighted by molar-refractivity contribution is 0.689. The Labute approximate surface area is 129 Å². The van der Waals surface area contributed by atoms with Crippen molar-refractivity contribution in [1.29, 1.82) is 0 Å². The van der Waals surface area contributed by atoms with Crippen LogP contribution in [0.15, 0.2) is 36.5 Å². The van der Waals surface area contributed by atoms with E-state index in [4.69, 9.17) is 23.8 Å². The van der Waals surface area contributed by atoms with Gasteiger partial charge in [0.05, 0.1) is 6.54 Å². The zero-order chi connectivity index (χ0) is 14.5. The van der Waals surface area contributed by atoms with Gasteiger partial charge in [0, 0.05) is 23.3 Å². The Morgan fingerprint density at radius 3 is 2.80 bits per heavy atom. The highest BCUT2D eigenvalue weighted by Gasteiger charge is 2.05. The first-order chi connectivity index (χ1) is 9.54. The van der Waals surface area contributed by atoms with E-state index in [9.17, 15) is 0 Å². The number of nitrogens with one attached hydrogen (secondary N) is 2. The smallest absolute Gasteiger partial charge is 0.172 e. The third-order valence-corrected chi connectivity index (χ3v) is 3.18. The number of rotatable bonds is 4. The lowest BCUT2D eigenvalue weighted by Gasteiger charge is -2.11. The van der Waals surface area contributed by atoms with Crippen molar-refractivity contribution in [2.45, 2.75) is 26.4 Å². The molecule has 1 heterocycles. The van der Waals surface area contributed by atoms with Crippen LogP contribution in [0.2, 0.25) is 5.02 Å². The van der Waals surface area contributed by atoms with Gasteiger partial charge < -0.3 is 10.6 Å². The molecule has 0 aliphatic carbocycles. The Morgan fingerprint density at radius 2 is 2.10 bits per heavy atom. The fourth-order valence-corrected chi connectivity index (χ4v) is 2.27. The maximum atomic E-state index is 6.14. The van der Waals surface area contributed by atoms with Gasteiger partial charge in [-0.15, -0.1) is 0 Å². The highest BCUT2D eigenvalue weighted by Crippen LogP contribution is 2.16. The number of hydrogen-bond donors (Lipinski definition) is 2. The van der Waals surface area contributed by atoms with Crippen LogP contribution in [0.25, 0.3) is 0 Å². The molecule has 106 valence electrons. The molecule has 0 saturated heterocycles. The van der Waals surface area contributed by atoms with Crippen LogP contribution in [0, 0.1) is 0 Å². The summed E-state index contributed by atoms with van der Waals surface area (Å²) in [7, 11) is 0. The molecule has 0 fully saturated rings. The maximum absolute atomic E-state index is 6.14. The molecule has 0 saturated carbocycles. The second-order valence-corrected chi connectivity index (χ2v) is 5.56. The van der Waals surface area contributed by atoms with E-state index in [0.717, 1.165) is 16.4 Å². The zero-order valence-corrected chi connectivity index (χ0v) is 13.0. The molecule has 2 rings (SSSR count). The normalized spacial score (nSPS) is 10.6. The molecular formula is C14H17ClN4S. The van der Waals surface area contributed by atoms with Gasteiger partial charge in [0.1, 0.15) is 0 Å². The monoisotopic (exact) mass is 308 g/mol. The SMILES string of the molecule is CC(C)NC(=S)Nc1ccn(Cc2ccccc2Cl)n1. The number of halogens is 1. The molecule has 1 aromatic carbocycles. The van der Waals surface area contributed by atoms with Gasteiger partial charge in [-0.25, -0.2) is 0 Å². The summed E-state index contributed by atoms with van der Waals surface area (Å²) in [6, 6.07) is 9.91. The molecule has 0 unspecified atom stereocenters. The maximum Gasteiger partial charge on any atom is 0.172 e. The number of aromatic nitrogens is 2. The molecule has 0 aliphatic heterocycles. The molecule has 2 N–H and O–H groups in total. The van der Waals surface area contributed by atoms with E-state index in [0.29, 0.717) is 17.7 Å². The van der Waals surface area contributed by atoms with Gasteiger partial charge in [0.15, 0.2) is 10.9 Å². The van der Waals surface area contributed by atoms with E-state index in [1.54, 1.807) is 0 Å². The molecule has 0 bridgehead atoms. The molecule has 6 heteroatoms. The lowest BCUT2D eigenvalue weighted by Crippen LogP contribution is -2.34. The minimum Gasteiger partial charge on any atom is -0.360 e. The largest absolute Gasteiger partial charge is 0.360 e.